The van der Waals surface area contributed by atoms with Crippen LogP contribution in [0.2, 0.25) is 0 Å². The first-order chi connectivity index (χ1) is 9.22. The Morgan fingerprint density at radius 2 is 2.26 bits per heavy atom. The maximum Gasteiger partial charge on any atom is 0.120 e. The first-order valence-electron chi connectivity index (χ1n) is 7.14. The van der Waals surface area contributed by atoms with Crippen LogP contribution in [-0.2, 0) is 7.05 Å². The van der Waals surface area contributed by atoms with Gasteiger partial charge in [-0.2, -0.15) is 0 Å². The molecule has 1 aliphatic rings. The number of aryl methyl sites for hydroxylation is 1. The van der Waals surface area contributed by atoms with Crippen LogP contribution in [0.3, 0.4) is 0 Å². The monoisotopic (exact) mass is 258 g/mol. The summed E-state index contributed by atoms with van der Waals surface area (Å²) in [6.45, 7) is 7.21. The summed E-state index contributed by atoms with van der Waals surface area (Å²) in [6, 6.07) is 6.46. The maximum absolute atomic E-state index is 5.66. The molecule has 0 saturated carbocycles. The molecule has 3 nitrogen and oxygen atoms in total. The maximum atomic E-state index is 5.66. The topological polar surface area (TPSA) is 26.2 Å². The highest BCUT2D eigenvalue weighted by molar-refractivity contribution is 5.87. The summed E-state index contributed by atoms with van der Waals surface area (Å²) >= 11 is 0. The molecule has 0 amide bonds. The molecule has 1 aromatic carbocycles. The van der Waals surface area contributed by atoms with Crippen molar-refractivity contribution >= 4 is 10.9 Å². The van der Waals surface area contributed by atoms with Gasteiger partial charge in [0.2, 0.25) is 0 Å². The first kappa shape index (κ1) is 12.5. The van der Waals surface area contributed by atoms with Crippen molar-refractivity contribution in [1.29, 1.82) is 0 Å². The molecule has 2 heterocycles. The van der Waals surface area contributed by atoms with Crippen molar-refractivity contribution in [2.24, 2.45) is 7.05 Å². The zero-order chi connectivity index (χ0) is 13.4. The van der Waals surface area contributed by atoms with E-state index in [0.29, 0.717) is 5.92 Å². The molecule has 3 rings (SSSR count). The fourth-order valence-corrected chi connectivity index (χ4v) is 3.25. The standard InChI is InChI=1S/C16H22N2O/c1-4-19-13-5-6-15-14(9-13)16(11(2)18(15)3)12-7-8-17-10-12/h5-6,9,12,17H,4,7-8,10H2,1-3H3. The molecular formula is C16H22N2O. The van der Waals surface area contributed by atoms with Crippen molar-refractivity contribution < 1.29 is 4.74 Å². The minimum Gasteiger partial charge on any atom is -0.494 e. The summed E-state index contributed by atoms with van der Waals surface area (Å²) in [5, 5.41) is 4.83. The van der Waals surface area contributed by atoms with Crippen LogP contribution >= 0.6 is 0 Å². The molecule has 1 aliphatic heterocycles. The zero-order valence-corrected chi connectivity index (χ0v) is 12.0. The van der Waals surface area contributed by atoms with Gasteiger partial charge in [0.25, 0.3) is 0 Å². The van der Waals surface area contributed by atoms with Gasteiger partial charge in [0, 0.05) is 30.2 Å². The fraction of sp³-hybridized carbons (Fsp3) is 0.500. The smallest absolute Gasteiger partial charge is 0.120 e. The number of nitrogens with one attached hydrogen (secondary N) is 1. The van der Waals surface area contributed by atoms with Crippen molar-refractivity contribution in [3.05, 3.63) is 29.5 Å². The Hall–Kier alpha value is -1.48. The summed E-state index contributed by atoms with van der Waals surface area (Å²) in [6.07, 6.45) is 1.23. The van der Waals surface area contributed by atoms with Gasteiger partial charge in [0.1, 0.15) is 5.75 Å². The molecule has 102 valence electrons. The van der Waals surface area contributed by atoms with Crippen molar-refractivity contribution in [2.75, 3.05) is 19.7 Å². The van der Waals surface area contributed by atoms with Gasteiger partial charge in [-0.15, -0.1) is 0 Å². The third-order valence-corrected chi connectivity index (χ3v) is 4.29. The predicted molar refractivity (Wildman–Crippen MR) is 79.1 cm³/mol. The summed E-state index contributed by atoms with van der Waals surface area (Å²) in [5.74, 6) is 1.62. The van der Waals surface area contributed by atoms with Gasteiger partial charge in [-0.05, 0) is 56.5 Å². The molecular weight excluding hydrogens is 236 g/mol. The minimum absolute atomic E-state index is 0.639. The van der Waals surface area contributed by atoms with Crippen molar-refractivity contribution in [3.63, 3.8) is 0 Å². The normalized spacial score (nSPS) is 19.2. The van der Waals surface area contributed by atoms with Gasteiger partial charge in [0.15, 0.2) is 0 Å². The lowest BCUT2D eigenvalue weighted by Gasteiger charge is -2.10. The van der Waals surface area contributed by atoms with Crippen LogP contribution in [0.15, 0.2) is 18.2 Å². The lowest BCUT2D eigenvalue weighted by molar-refractivity contribution is 0.340. The molecule has 1 unspecified atom stereocenters. The SMILES string of the molecule is CCOc1ccc2c(c1)c(C1CCNC1)c(C)n2C. The van der Waals surface area contributed by atoms with Crippen molar-refractivity contribution in [3.8, 4) is 5.75 Å². The summed E-state index contributed by atoms with van der Waals surface area (Å²) in [5.41, 5.74) is 4.20. The molecule has 1 N–H and O–H groups in total. The van der Waals surface area contributed by atoms with E-state index >= 15 is 0 Å². The van der Waals surface area contributed by atoms with E-state index < -0.39 is 0 Å². The fourth-order valence-electron chi connectivity index (χ4n) is 3.25. The van der Waals surface area contributed by atoms with Gasteiger partial charge >= 0.3 is 0 Å². The van der Waals surface area contributed by atoms with Crippen LogP contribution in [0.25, 0.3) is 10.9 Å². The number of rotatable bonds is 3. The Labute approximate surface area is 114 Å². The second kappa shape index (κ2) is 4.89. The minimum atomic E-state index is 0.639. The quantitative estimate of drug-likeness (QED) is 0.916. The van der Waals surface area contributed by atoms with Crippen LogP contribution in [0, 0.1) is 6.92 Å². The first-order valence-corrected chi connectivity index (χ1v) is 7.14. The van der Waals surface area contributed by atoms with E-state index in [1.807, 2.05) is 6.92 Å². The van der Waals surface area contributed by atoms with Crippen molar-refractivity contribution in [2.45, 2.75) is 26.2 Å². The number of aromatic nitrogens is 1. The second-order valence-corrected chi connectivity index (χ2v) is 5.36. The number of fused-ring (bicyclic) bond motifs is 1. The number of benzene rings is 1. The molecule has 0 bridgehead atoms. The van der Waals surface area contributed by atoms with Crippen molar-refractivity contribution in [1.82, 2.24) is 9.88 Å². The second-order valence-electron chi connectivity index (χ2n) is 5.36. The Kier molecular flexibility index (Phi) is 3.23. The molecule has 3 heteroatoms. The van der Waals surface area contributed by atoms with E-state index in [9.17, 15) is 0 Å². The average molecular weight is 258 g/mol. The van der Waals surface area contributed by atoms with E-state index in [4.69, 9.17) is 4.74 Å². The van der Waals surface area contributed by atoms with Crippen LogP contribution in [0.4, 0.5) is 0 Å². The largest absolute Gasteiger partial charge is 0.494 e. The zero-order valence-electron chi connectivity index (χ0n) is 12.0. The lowest BCUT2D eigenvalue weighted by atomic mass is 9.95. The molecule has 1 fully saturated rings. The molecule has 1 saturated heterocycles. The summed E-state index contributed by atoms with van der Waals surface area (Å²) < 4.78 is 7.96. The highest BCUT2D eigenvalue weighted by Crippen LogP contribution is 2.35. The number of hydrogen-bond donors (Lipinski definition) is 1. The van der Waals surface area contributed by atoms with Crippen LogP contribution in [0.5, 0.6) is 5.75 Å². The number of ether oxygens (including phenoxy) is 1. The van der Waals surface area contributed by atoms with Gasteiger partial charge in [0.05, 0.1) is 6.61 Å². The van der Waals surface area contributed by atoms with Gasteiger partial charge in [-0.25, -0.2) is 0 Å². The van der Waals surface area contributed by atoms with Crippen LogP contribution in [0.1, 0.15) is 30.5 Å². The molecule has 1 atom stereocenters. The van der Waals surface area contributed by atoms with E-state index in [1.54, 1.807) is 0 Å². The average Bonchev–Trinajstić information content (AvgIpc) is 2.99. The van der Waals surface area contributed by atoms with E-state index in [1.165, 1.54) is 28.6 Å². The van der Waals surface area contributed by atoms with Crippen LogP contribution < -0.4 is 10.1 Å². The van der Waals surface area contributed by atoms with Gasteiger partial charge in [-0.1, -0.05) is 0 Å². The Morgan fingerprint density at radius 1 is 1.42 bits per heavy atom. The molecule has 0 aliphatic carbocycles. The number of nitrogens with zero attached hydrogens (tertiary/aromatic N) is 1. The molecule has 2 aromatic rings. The summed E-state index contributed by atoms with van der Waals surface area (Å²) in [4.78, 5) is 0. The molecule has 19 heavy (non-hydrogen) atoms. The third kappa shape index (κ3) is 2.02. The summed E-state index contributed by atoms with van der Waals surface area (Å²) in [7, 11) is 2.16. The Balaban J connectivity index is 2.17. The highest BCUT2D eigenvalue weighted by atomic mass is 16.5. The van der Waals surface area contributed by atoms with E-state index in [-0.39, 0.29) is 0 Å². The third-order valence-electron chi connectivity index (χ3n) is 4.29. The van der Waals surface area contributed by atoms with E-state index in [2.05, 4.69) is 42.1 Å². The lowest BCUT2D eigenvalue weighted by Crippen LogP contribution is -2.08. The number of hydrogen-bond acceptors (Lipinski definition) is 2. The molecule has 0 radical (unpaired) electrons. The van der Waals surface area contributed by atoms with Gasteiger partial charge < -0.3 is 14.6 Å². The molecule has 1 aromatic heterocycles. The van der Waals surface area contributed by atoms with Crippen LogP contribution in [-0.4, -0.2) is 24.3 Å². The van der Waals surface area contributed by atoms with Gasteiger partial charge in [-0.3, -0.25) is 0 Å². The van der Waals surface area contributed by atoms with E-state index in [0.717, 1.165) is 25.4 Å². The highest BCUT2D eigenvalue weighted by Gasteiger charge is 2.23. The predicted octanol–water partition coefficient (Wildman–Crippen LogP) is 2.96. The Morgan fingerprint density at radius 3 is 2.95 bits per heavy atom. The molecule has 0 spiro atoms. The Bertz CT molecular complexity index is 594.